The van der Waals surface area contributed by atoms with Gasteiger partial charge in [0.1, 0.15) is 0 Å². The van der Waals surface area contributed by atoms with Gasteiger partial charge in [-0.05, 0) is 45.2 Å². The van der Waals surface area contributed by atoms with Crippen LogP contribution in [0.15, 0.2) is 30.3 Å². The number of nitrogens with zero attached hydrogens (tertiary/aromatic N) is 2. The van der Waals surface area contributed by atoms with Crippen LogP contribution in [0.5, 0.6) is 0 Å². The second kappa shape index (κ2) is 4.69. The molecular formula is C18H19N3O3. The summed E-state index contributed by atoms with van der Waals surface area (Å²) in [5.41, 5.74) is 2.03. The number of rotatable bonds is 4. The number of nitrogens with one attached hydrogen (secondary N) is 1. The molecule has 6 nitrogen and oxygen atoms in total. The summed E-state index contributed by atoms with van der Waals surface area (Å²) in [6.07, 6.45) is 1.60. The maximum absolute atomic E-state index is 12.7. The van der Waals surface area contributed by atoms with Crippen LogP contribution < -0.4 is 5.32 Å². The Kier molecular flexibility index (Phi) is 2.92. The van der Waals surface area contributed by atoms with Crippen LogP contribution in [-0.4, -0.2) is 32.3 Å². The third-order valence-electron chi connectivity index (χ3n) is 5.38. The Bertz CT molecular complexity index is 834. The molecule has 24 heavy (non-hydrogen) atoms. The summed E-state index contributed by atoms with van der Waals surface area (Å²) in [7, 11) is 0. The van der Waals surface area contributed by atoms with E-state index in [4.69, 9.17) is 0 Å². The molecule has 1 aromatic heterocycles. The molecule has 124 valence electrons. The van der Waals surface area contributed by atoms with Gasteiger partial charge in [0.25, 0.3) is 5.91 Å². The lowest BCUT2D eigenvalue weighted by molar-refractivity contribution is -0.196. The summed E-state index contributed by atoms with van der Waals surface area (Å²) in [5.74, 6) is -0.909. The van der Waals surface area contributed by atoms with Gasteiger partial charge in [0.2, 0.25) is 0 Å². The number of carbonyl (C=O) groups excluding carboxylic acids is 1. The number of carbonyl (C=O) groups is 2. The smallest absolute Gasteiger partial charge is 0.309 e. The molecule has 0 unspecified atom stereocenters. The molecule has 5 rings (SSSR count). The van der Waals surface area contributed by atoms with E-state index in [1.54, 1.807) is 4.68 Å². The van der Waals surface area contributed by atoms with Crippen LogP contribution in [-0.2, 0) is 4.79 Å². The van der Waals surface area contributed by atoms with Gasteiger partial charge >= 0.3 is 5.97 Å². The van der Waals surface area contributed by atoms with E-state index in [0.29, 0.717) is 30.5 Å². The zero-order valence-corrected chi connectivity index (χ0v) is 13.7. The average molecular weight is 325 g/mol. The highest BCUT2D eigenvalue weighted by atomic mass is 16.4. The molecule has 0 spiro atoms. The maximum atomic E-state index is 12.7. The first-order valence-corrected chi connectivity index (χ1v) is 8.03. The van der Waals surface area contributed by atoms with Crippen LogP contribution in [0.4, 0.5) is 0 Å². The first kappa shape index (κ1) is 14.9. The minimum atomic E-state index is -0.747. The van der Waals surface area contributed by atoms with E-state index in [-0.39, 0.29) is 11.4 Å². The van der Waals surface area contributed by atoms with Gasteiger partial charge in [-0.3, -0.25) is 9.59 Å². The van der Waals surface area contributed by atoms with Crippen molar-refractivity contribution < 1.29 is 14.7 Å². The number of amides is 1. The molecule has 2 aromatic rings. The number of aromatic nitrogens is 2. The SMILES string of the molecule is Cc1nn(-c2ccccc2)c(C)c1C(=O)NC12CC(C(=O)O)(C1)C2. The average Bonchev–Trinajstić information content (AvgIpc) is 2.76. The molecule has 2 bridgehead atoms. The van der Waals surface area contributed by atoms with E-state index in [1.165, 1.54) is 0 Å². The molecule has 1 amide bonds. The van der Waals surface area contributed by atoms with Gasteiger partial charge in [-0.1, -0.05) is 18.2 Å². The molecule has 1 heterocycles. The van der Waals surface area contributed by atoms with Crippen molar-refractivity contribution in [2.45, 2.75) is 38.6 Å². The first-order valence-electron chi connectivity index (χ1n) is 8.03. The summed E-state index contributed by atoms with van der Waals surface area (Å²) in [6.45, 7) is 3.70. The lowest BCUT2D eigenvalue weighted by Crippen LogP contribution is -2.77. The molecule has 0 aliphatic heterocycles. The highest BCUT2D eigenvalue weighted by molar-refractivity contribution is 5.98. The molecule has 0 saturated heterocycles. The Morgan fingerprint density at radius 3 is 2.38 bits per heavy atom. The van der Waals surface area contributed by atoms with Crippen LogP contribution in [0, 0.1) is 19.3 Å². The zero-order valence-electron chi connectivity index (χ0n) is 13.7. The van der Waals surface area contributed by atoms with Gasteiger partial charge in [0.05, 0.1) is 28.1 Å². The Morgan fingerprint density at radius 1 is 1.17 bits per heavy atom. The number of para-hydroxylation sites is 1. The maximum Gasteiger partial charge on any atom is 0.309 e. The summed E-state index contributed by atoms with van der Waals surface area (Å²) >= 11 is 0. The van der Waals surface area contributed by atoms with Gasteiger partial charge in [-0.2, -0.15) is 5.10 Å². The molecule has 6 heteroatoms. The van der Waals surface area contributed by atoms with E-state index >= 15 is 0 Å². The number of carboxylic acid groups (broad SMARTS) is 1. The van der Waals surface area contributed by atoms with E-state index in [9.17, 15) is 14.7 Å². The zero-order chi connectivity index (χ0) is 17.1. The summed E-state index contributed by atoms with van der Waals surface area (Å²) in [6, 6.07) is 9.68. The Morgan fingerprint density at radius 2 is 1.79 bits per heavy atom. The van der Waals surface area contributed by atoms with Crippen LogP contribution in [0.3, 0.4) is 0 Å². The number of hydrogen-bond acceptors (Lipinski definition) is 3. The summed E-state index contributed by atoms with van der Waals surface area (Å²) < 4.78 is 1.77. The highest BCUT2D eigenvalue weighted by Crippen LogP contribution is 2.67. The molecule has 0 atom stereocenters. The van der Waals surface area contributed by atoms with Crippen molar-refractivity contribution >= 4 is 11.9 Å². The van der Waals surface area contributed by atoms with E-state index < -0.39 is 11.4 Å². The topological polar surface area (TPSA) is 84.2 Å². The second-order valence-corrected chi connectivity index (χ2v) is 7.14. The quantitative estimate of drug-likeness (QED) is 0.903. The van der Waals surface area contributed by atoms with E-state index in [1.807, 2.05) is 44.2 Å². The summed E-state index contributed by atoms with van der Waals surface area (Å²) in [5, 5.41) is 16.7. The van der Waals surface area contributed by atoms with Crippen molar-refractivity contribution in [3.63, 3.8) is 0 Å². The van der Waals surface area contributed by atoms with E-state index in [0.717, 1.165) is 11.4 Å². The van der Waals surface area contributed by atoms with Crippen molar-refractivity contribution in [2.24, 2.45) is 5.41 Å². The fraction of sp³-hybridized carbons (Fsp3) is 0.389. The number of aryl methyl sites for hydroxylation is 1. The van der Waals surface area contributed by atoms with Gasteiger partial charge in [-0.15, -0.1) is 0 Å². The third kappa shape index (κ3) is 1.92. The van der Waals surface area contributed by atoms with Gasteiger partial charge in [0, 0.05) is 5.54 Å². The lowest BCUT2D eigenvalue weighted by atomic mass is 9.39. The molecule has 3 aliphatic rings. The van der Waals surface area contributed by atoms with Crippen LogP contribution in [0.1, 0.15) is 41.0 Å². The minimum Gasteiger partial charge on any atom is -0.481 e. The van der Waals surface area contributed by atoms with Crippen molar-refractivity contribution in [2.75, 3.05) is 0 Å². The van der Waals surface area contributed by atoms with Crippen molar-refractivity contribution in [1.82, 2.24) is 15.1 Å². The predicted octanol–water partition coefficient (Wildman–Crippen LogP) is 2.23. The molecule has 3 fully saturated rings. The molecule has 1 aromatic carbocycles. The second-order valence-electron chi connectivity index (χ2n) is 7.14. The number of hydrogen-bond donors (Lipinski definition) is 2. The monoisotopic (exact) mass is 325 g/mol. The van der Waals surface area contributed by atoms with Gasteiger partial charge < -0.3 is 10.4 Å². The summed E-state index contributed by atoms with van der Waals surface area (Å²) in [4.78, 5) is 23.9. The normalized spacial score (nSPS) is 27.1. The standard InChI is InChI=1S/C18H19N3O3/c1-11-14(12(2)21(20-11)13-6-4-3-5-7-13)15(22)19-18-8-17(9-18,10-18)16(23)24/h3-7H,8-10H2,1-2H3,(H,19,22)(H,23,24). The largest absolute Gasteiger partial charge is 0.481 e. The molecule has 2 N–H and O–H groups in total. The Hall–Kier alpha value is -2.63. The fourth-order valence-corrected chi connectivity index (χ4v) is 4.24. The Balaban J connectivity index is 1.56. The van der Waals surface area contributed by atoms with E-state index in [2.05, 4.69) is 10.4 Å². The number of benzene rings is 1. The van der Waals surface area contributed by atoms with Gasteiger partial charge in [0.15, 0.2) is 0 Å². The fourth-order valence-electron chi connectivity index (χ4n) is 4.24. The van der Waals surface area contributed by atoms with Crippen molar-refractivity contribution in [3.05, 3.63) is 47.3 Å². The highest BCUT2D eigenvalue weighted by Gasteiger charge is 2.72. The van der Waals surface area contributed by atoms with Gasteiger partial charge in [-0.25, -0.2) is 4.68 Å². The predicted molar refractivity (Wildman–Crippen MR) is 87.2 cm³/mol. The molecular weight excluding hydrogens is 306 g/mol. The number of carboxylic acids is 1. The van der Waals surface area contributed by atoms with Crippen LogP contribution in [0.25, 0.3) is 5.69 Å². The van der Waals surface area contributed by atoms with Crippen molar-refractivity contribution in [3.8, 4) is 5.69 Å². The number of aliphatic carboxylic acids is 1. The molecule has 3 saturated carbocycles. The third-order valence-corrected chi connectivity index (χ3v) is 5.38. The van der Waals surface area contributed by atoms with Crippen LogP contribution >= 0.6 is 0 Å². The van der Waals surface area contributed by atoms with Crippen LogP contribution in [0.2, 0.25) is 0 Å². The van der Waals surface area contributed by atoms with Crippen molar-refractivity contribution in [1.29, 1.82) is 0 Å². The lowest BCUT2D eigenvalue weighted by Gasteiger charge is -2.67. The molecule has 0 radical (unpaired) electrons. The Labute approximate surface area is 139 Å². The minimum absolute atomic E-state index is 0.161. The first-order chi connectivity index (χ1) is 11.4. The molecule has 3 aliphatic carbocycles.